The van der Waals surface area contributed by atoms with E-state index in [9.17, 15) is 13.5 Å². The number of morpholine rings is 1. The molecule has 0 bridgehead atoms. The van der Waals surface area contributed by atoms with Gasteiger partial charge in [-0.05, 0) is 25.0 Å². The van der Waals surface area contributed by atoms with Crippen molar-refractivity contribution in [3.63, 3.8) is 0 Å². The molecule has 3 rings (SSSR count). The molecule has 0 aromatic carbocycles. The number of β-amino-alcohol motifs (C(OH)–C–C–N with tert-alkyl or cyclic N) is 1. The Labute approximate surface area is 147 Å². The summed E-state index contributed by atoms with van der Waals surface area (Å²) in [5.41, 5.74) is 0. The number of ether oxygens (including phenoxy) is 1. The van der Waals surface area contributed by atoms with Crippen molar-refractivity contribution in [1.82, 2.24) is 13.8 Å². The molecule has 0 aliphatic carbocycles. The van der Waals surface area contributed by atoms with Gasteiger partial charge >= 0.3 is 0 Å². The number of aromatic nitrogens is 1. The Morgan fingerprint density at radius 1 is 1.25 bits per heavy atom. The minimum absolute atomic E-state index is 0.246. The zero-order valence-electron chi connectivity index (χ0n) is 13.5. The lowest BCUT2D eigenvalue weighted by Crippen LogP contribution is -2.41. The van der Waals surface area contributed by atoms with Gasteiger partial charge < -0.3 is 14.4 Å². The van der Waals surface area contributed by atoms with E-state index in [1.54, 1.807) is 22.9 Å². The maximum Gasteiger partial charge on any atom is 0.244 e. The van der Waals surface area contributed by atoms with Crippen molar-refractivity contribution < 1.29 is 18.3 Å². The Morgan fingerprint density at radius 2 is 2.00 bits per heavy atom. The third kappa shape index (κ3) is 4.04. The summed E-state index contributed by atoms with van der Waals surface area (Å²) < 4.78 is 34.5. The first-order chi connectivity index (χ1) is 11.5. The molecule has 2 fully saturated rings. The van der Waals surface area contributed by atoms with Gasteiger partial charge in [0.1, 0.15) is 4.64 Å². The molecule has 3 heterocycles. The molecule has 7 nitrogen and oxygen atoms in total. The third-order valence-corrected chi connectivity index (χ3v) is 6.65. The summed E-state index contributed by atoms with van der Waals surface area (Å²) in [4.78, 5) is 2.34. The fraction of sp³-hybridized carbons (Fsp3) is 0.667. The summed E-state index contributed by atoms with van der Waals surface area (Å²) in [6.07, 6.45) is 3.02. The molecular weight excluding hydrogens is 350 g/mol. The van der Waals surface area contributed by atoms with Crippen LogP contribution < -0.4 is 0 Å². The Morgan fingerprint density at radius 3 is 2.71 bits per heavy atom. The lowest BCUT2D eigenvalue weighted by Gasteiger charge is -2.31. The average molecular weight is 374 g/mol. The molecule has 0 spiro atoms. The number of pyridine rings is 1. The van der Waals surface area contributed by atoms with Crippen molar-refractivity contribution in [3.05, 3.63) is 23.0 Å². The molecule has 0 saturated carbocycles. The van der Waals surface area contributed by atoms with Crippen LogP contribution in [0.25, 0.3) is 0 Å². The Hall–Kier alpha value is -0.840. The smallest absolute Gasteiger partial charge is 0.244 e. The summed E-state index contributed by atoms with van der Waals surface area (Å²) >= 11 is 5.33. The standard InChI is InChI=1S/C15H23N3O4S2/c19-13-2-1-5-16(10-13)12-17-11-14(3-4-15(17)23)24(20,21)18-6-8-22-9-7-18/h3-4,11,13,19H,1-2,5-10,12H2/t13-/m1/s1. The zero-order chi connectivity index (χ0) is 17.2. The minimum atomic E-state index is -3.53. The second-order valence-electron chi connectivity index (χ2n) is 6.20. The van der Waals surface area contributed by atoms with E-state index in [4.69, 9.17) is 17.0 Å². The number of aliphatic hydroxyl groups excluding tert-OH is 1. The molecule has 2 aliphatic rings. The number of hydrogen-bond donors (Lipinski definition) is 1. The van der Waals surface area contributed by atoms with Crippen LogP contribution in [0.2, 0.25) is 0 Å². The Bertz CT molecular complexity index is 728. The fourth-order valence-electron chi connectivity index (χ4n) is 3.08. The fourth-order valence-corrected chi connectivity index (χ4v) is 4.69. The van der Waals surface area contributed by atoms with Crippen molar-refractivity contribution in [3.8, 4) is 0 Å². The lowest BCUT2D eigenvalue weighted by molar-refractivity contribution is 0.0538. The van der Waals surface area contributed by atoms with Crippen LogP contribution in [0.4, 0.5) is 0 Å². The van der Waals surface area contributed by atoms with Crippen LogP contribution in [-0.4, -0.2) is 72.8 Å². The Kier molecular flexibility index (Phi) is 5.68. The second kappa shape index (κ2) is 7.59. The first kappa shape index (κ1) is 18.0. The summed E-state index contributed by atoms with van der Waals surface area (Å²) in [7, 11) is -3.53. The normalized spacial score (nSPS) is 24.1. The largest absolute Gasteiger partial charge is 0.392 e. The number of aliphatic hydroxyl groups is 1. The summed E-state index contributed by atoms with van der Waals surface area (Å²) in [6, 6.07) is 3.22. The van der Waals surface area contributed by atoms with Crippen LogP contribution in [0.5, 0.6) is 0 Å². The van der Waals surface area contributed by atoms with E-state index >= 15 is 0 Å². The van der Waals surface area contributed by atoms with E-state index in [0.717, 1.165) is 19.4 Å². The molecule has 1 aromatic rings. The minimum Gasteiger partial charge on any atom is -0.392 e. The molecule has 134 valence electrons. The average Bonchev–Trinajstić information content (AvgIpc) is 2.57. The van der Waals surface area contributed by atoms with Gasteiger partial charge in [-0.3, -0.25) is 4.90 Å². The van der Waals surface area contributed by atoms with Gasteiger partial charge in [-0.25, -0.2) is 8.42 Å². The first-order valence-electron chi connectivity index (χ1n) is 8.15. The van der Waals surface area contributed by atoms with Gasteiger partial charge in [0.15, 0.2) is 0 Å². The second-order valence-corrected chi connectivity index (χ2v) is 8.56. The molecule has 1 atom stereocenters. The van der Waals surface area contributed by atoms with Crippen LogP contribution in [-0.2, 0) is 21.4 Å². The van der Waals surface area contributed by atoms with Crippen molar-refractivity contribution >= 4 is 22.2 Å². The zero-order valence-corrected chi connectivity index (χ0v) is 15.1. The molecular formula is C15H23N3O4S2. The predicted octanol–water partition coefficient (Wildman–Crippen LogP) is 0.653. The Balaban J connectivity index is 1.81. The topological polar surface area (TPSA) is 75.0 Å². The van der Waals surface area contributed by atoms with E-state index in [2.05, 4.69) is 4.90 Å². The highest BCUT2D eigenvalue weighted by molar-refractivity contribution is 7.89. The SMILES string of the molecule is O=S(=O)(c1ccc(=S)n(CN2CCC[C@@H](O)C2)c1)N1CCOCC1. The first-order valence-corrected chi connectivity index (χ1v) is 10.0. The van der Waals surface area contributed by atoms with Crippen molar-refractivity contribution in [2.75, 3.05) is 39.4 Å². The van der Waals surface area contributed by atoms with E-state index in [1.165, 1.54) is 4.31 Å². The summed E-state index contributed by atoms with van der Waals surface area (Å²) in [5, 5.41) is 9.79. The number of likely N-dealkylation sites (tertiary alicyclic amines) is 1. The van der Waals surface area contributed by atoms with E-state index in [0.29, 0.717) is 44.2 Å². The molecule has 0 radical (unpaired) electrons. The van der Waals surface area contributed by atoms with Crippen LogP contribution >= 0.6 is 12.2 Å². The summed E-state index contributed by atoms with van der Waals surface area (Å²) in [5.74, 6) is 0. The molecule has 2 aliphatic heterocycles. The van der Waals surface area contributed by atoms with Crippen molar-refractivity contribution in [1.29, 1.82) is 0 Å². The van der Waals surface area contributed by atoms with Crippen molar-refractivity contribution in [2.45, 2.75) is 30.5 Å². The highest BCUT2D eigenvalue weighted by Gasteiger charge is 2.27. The molecule has 1 N–H and O–H groups in total. The maximum atomic E-state index is 12.8. The number of rotatable bonds is 4. The van der Waals surface area contributed by atoms with Gasteiger partial charge in [-0.15, -0.1) is 0 Å². The molecule has 0 amide bonds. The van der Waals surface area contributed by atoms with Gasteiger partial charge in [0.05, 0.1) is 30.9 Å². The molecule has 24 heavy (non-hydrogen) atoms. The number of sulfonamides is 1. The van der Waals surface area contributed by atoms with Gasteiger partial charge in [-0.2, -0.15) is 4.31 Å². The monoisotopic (exact) mass is 373 g/mol. The number of hydrogen-bond acceptors (Lipinski definition) is 6. The predicted molar refractivity (Wildman–Crippen MR) is 91.7 cm³/mol. The van der Waals surface area contributed by atoms with E-state index in [-0.39, 0.29) is 11.0 Å². The van der Waals surface area contributed by atoms with E-state index < -0.39 is 10.0 Å². The third-order valence-electron chi connectivity index (χ3n) is 4.40. The van der Waals surface area contributed by atoms with Crippen LogP contribution in [0.1, 0.15) is 12.8 Å². The van der Waals surface area contributed by atoms with Gasteiger partial charge in [0, 0.05) is 32.4 Å². The number of nitrogens with zero attached hydrogens (tertiary/aromatic N) is 3. The lowest BCUT2D eigenvalue weighted by atomic mass is 10.1. The van der Waals surface area contributed by atoms with Gasteiger partial charge in [-0.1, -0.05) is 12.2 Å². The van der Waals surface area contributed by atoms with Gasteiger partial charge in [0.2, 0.25) is 10.0 Å². The molecule has 2 saturated heterocycles. The maximum absolute atomic E-state index is 12.8. The van der Waals surface area contributed by atoms with Crippen LogP contribution in [0, 0.1) is 4.64 Å². The molecule has 1 aromatic heterocycles. The summed E-state index contributed by atoms with van der Waals surface area (Å²) in [6.45, 7) is 3.53. The van der Waals surface area contributed by atoms with Crippen molar-refractivity contribution in [2.24, 2.45) is 0 Å². The molecule has 0 unspecified atom stereocenters. The van der Waals surface area contributed by atoms with E-state index in [1.807, 2.05) is 0 Å². The van der Waals surface area contributed by atoms with Gasteiger partial charge in [0.25, 0.3) is 0 Å². The number of piperidine rings is 1. The van der Waals surface area contributed by atoms with Crippen LogP contribution in [0.3, 0.4) is 0 Å². The molecule has 9 heteroatoms. The highest BCUT2D eigenvalue weighted by Crippen LogP contribution is 2.18. The quantitative estimate of drug-likeness (QED) is 0.782. The van der Waals surface area contributed by atoms with Crippen LogP contribution in [0.15, 0.2) is 23.2 Å². The highest BCUT2D eigenvalue weighted by atomic mass is 32.2.